The zero-order valence-electron chi connectivity index (χ0n) is 20.1. The topological polar surface area (TPSA) is 138 Å². The van der Waals surface area contributed by atoms with Crippen LogP contribution >= 0.6 is 23.2 Å². The number of phenolic OH excluding ortho intramolecular Hbond substituents is 1. The van der Waals surface area contributed by atoms with Crippen LogP contribution in [0, 0.1) is 0 Å². The number of benzene rings is 4. The minimum absolute atomic E-state index is 0.0932. The van der Waals surface area contributed by atoms with E-state index in [0.717, 1.165) is 0 Å². The summed E-state index contributed by atoms with van der Waals surface area (Å²) in [5, 5.41) is 22.8. The van der Waals surface area contributed by atoms with Gasteiger partial charge in [0.1, 0.15) is 27.0 Å². The quantitative estimate of drug-likeness (QED) is 0.156. The molecule has 4 aromatic rings. The van der Waals surface area contributed by atoms with Crippen LogP contribution in [0.4, 0.5) is 17.1 Å². The van der Waals surface area contributed by atoms with Gasteiger partial charge in [0.05, 0.1) is 23.4 Å². The van der Waals surface area contributed by atoms with Gasteiger partial charge >= 0.3 is 0 Å². The summed E-state index contributed by atoms with van der Waals surface area (Å²) in [6.07, 6.45) is 0.505. The van der Waals surface area contributed by atoms with Crippen molar-refractivity contribution in [1.82, 2.24) is 0 Å². The number of ether oxygens (including phenoxy) is 1. The largest absolute Gasteiger partial charge is 0.505 e. The molecule has 3 N–H and O–H groups in total. The Hall–Kier alpha value is -3.70. The molecule has 12 heteroatoms. The Morgan fingerprint density at radius 1 is 1.05 bits per heavy atom. The number of hydrogen-bond acceptors (Lipinski definition) is 7. The number of nitrogens with zero attached hydrogens (tertiary/aromatic N) is 2. The second-order valence-electron chi connectivity index (χ2n) is 8.07. The van der Waals surface area contributed by atoms with E-state index in [0.29, 0.717) is 28.5 Å². The second kappa shape index (κ2) is 11.0. The van der Waals surface area contributed by atoms with E-state index in [1.54, 1.807) is 42.5 Å². The smallest absolute Gasteiger partial charge is 0.298 e. The minimum Gasteiger partial charge on any atom is -0.505 e. The molecule has 0 aliphatic carbocycles. The molecule has 0 fully saturated rings. The summed E-state index contributed by atoms with van der Waals surface area (Å²) in [4.78, 5) is 12.6. The highest BCUT2D eigenvalue weighted by Gasteiger charge is 2.23. The fourth-order valence-electron chi connectivity index (χ4n) is 3.82. The summed E-state index contributed by atoms with van der Waals surface area (Å²) in [6.45, 7) is 1.83. The molecule has 4 rings (SSSR count). The van der Waals surface area contributed by atoms with Crippen LogP contribution in [0.2, 0.25) is 10.0 Å². The number of aromatic hydroxyl groups is 1. The first-order valence-corrected chi connectivity index (χ1v) is 13.3. The Balaban J connectivity index is 1.86. The summed E-state index contributed by atoms with van der Waals surface area (Å²) in [7, 11) is -3.31. The zero-order chi connectivity index (χ0) is 27.6. The molecule has 0 spiro atoms. The first-order chi connectivity index (χ1) is 18.0. The number of anilines is 1. The molecule has 0 bridgehead atoms. The van der Waals surface area contributed by atoms with Crippen molar-refractivity contribution in [3.05, 3.63) is 81.8 Å². The average Bonchev–Trinajstić information content (AvgIpc) is 2.87. The Kier molecular flexibility index (Phi) is 7.89. The van der Waals surface area contributed by atoms with Crippen molar-refractivity contribution in [2.24, 2.45) is 10.2 Å². The lowest BCUT2D eigenvalue weighted by Gasteiger charge is -2.13. The van der Waals surface area contributed by atoms with Crippen molar-refractivity contribution >= 4 is 67.1 Å². The third-order valence-corrected chi connectivity index (χ3v) is 7.42. The van der Waals surface area contributed by atoms with E-state index in [9.17, 15) is 22.9 Å². The molecule has 0 aliphatic rings. The minimum atomic E-state index is -4.75. The number of nitrogens with one attached hydrogen (secondary N) is 1. The Morgan fingerprint density at radius 2 is 1.79 bits per heavy atom. The molecule has 1 amide bonds. The molecule has 38 heavy (non-hydrogen) atoms. The SMILES string of the molecule is CCc1cc(Cl)c(S(=O)(=O)O)c(N=Nc2c(O)c(C(=O)Nc3cccc(OC)c3Cl)cc3ccccc23)c1. The third kappa shape index (κ3) is 5.44. The standard InChI is InChI=1S/C26H21Cl2N3O6S/c1-3-14-11-18(27)25(38(34,35)36)20(12-14)30-31-23-16-8-5-4-7-15(16)13-17(24(23)32)26(33)29-19-9-6-10-21(37-2)22(19)28/h4-13,32H,3H2,1-2H3,(H,29,33)(H,34,35,36). The maximum atomic E-state index is 13.2. The second-order valence-corrected chi connectivity index (χ2v) is 10.2. The summed E-state index contributed by atoms with van der Waals surface area (Å²) in [5.41, 5.74) is 0.457. The molecule has 0 aliphatic heterocycles. The van der Waals surface area contributed by atoms with Gasteiger partial charge in [0, 0.05) is 5.39 Å². The van der Waals surface area contributed by atoms with Crippen LogP contribution in [0.15, 0.2) is 75.8 Å². The molecule has 9 nitrogen and oxygen atoms in total. The first-order valence-electron chi connectivity index (χ1n) is 11.1. The van der Waals surface area contributed by atoms with Crippen molar-refractivity contribution in [2.75, 3.05) is 12.4 Å². The van der Waals surface area contributed by atoms with Gasteiger partial charge in [-0.15, -0.1) is 10.2 Å². The Labute approximate surface area is 228 Å². The van der Waals surface area contributed by atoms with Gasteiger partial charge in [-0.05, 0) is 47.7 Å². The molecule has 0 saturated carbocycles. The fourth-order valence-corrected chi connectivity index (χ4v) is 5.27. The highest BCUT2D eigenvalue weighted by molar-refractivity contribution is 7.86. The van der Waals surface area contributed by atoms with E-state index in [1.165, 1.54) is 25.3 Å². The predicted octanol–water partition coefficient (Wildman–Crippen LogP) is 7.34. The van der Waals surface area contributed by atoms with Gasteiger partial charge in [-0.1, -0.05) is 60.5 Å². The van der Waals surface area contributed by atoms with Crippen LogP contribution in [-0.2, 0) is 16.5 Å². The van der Waals surface area contributed by atoms with Gasteiger partial charge in [-0.25, -0.2) is 0 Å². The lowest BCUT2D eigenvalue weighted by atomic mass is 10.0. The maximum absolute atomic E-state index is 13.2. The number of amides is 1. The highest BCUT2D eigenvalue weighted by atomic mass is 35.5. The molecule has 196 valence electrons. The van der Waals surface area contributed by atoms with Crippen LogP contribution in [0.3, 0.4) is 0 Å². The predicted molar refractivity (Wildman–Crippen MR) is 146 cm³/mol. The normalized spacial score (nSPS) is 11.7. The lowest BCUT2D eigenvalue weighted by molar-refractivity contribution is 0.102. The van der Waals surface area contributed by atoms with E-state index < -0.39 is 26.7 Å². The van der Waals surface area contributed by atoms with Crippen molar-refractivity contribution in [1.29, 1.82) is 0 Å². The van der Waals surface area contributed by atoms with Gasteiger partial charge in [-0.3, -0.25) is 9.35 Å². The number of phenols is 1. The summed E-state index contributed by atoms with van der Waals surface area (Å²) >= 11 is 12.4. The van der Waals surface area contributed by atoms with E-state index in [2.05, 4.69) is 15.5 Å². The van der Waals surface area contributed by atoms with Crippen LogP contribution in [0.5, 0.6) is 11.5 Å². The van der Waals surface area contributed by atoms with Gasteiger partial charge in [0.2, 0.25) is 0 Å². The maximum Gasteiger partial charge on any atom is 0.298 e. The number of carbonyl (C=O) groups is 1. The van der Waals surface area contributed by atoms with Crippen LogP contribution in [0.1, 0.15) is 22.8 Å². The zero-order valence-corrected chi connectivity index (χ0v) is 22.4. The lowest BCUT2D eigenvalue weighted by Crippen LogP contribution is -2.12. The molecule has 4 aromatic carbocycles. The van der Waals surface area contributed by atoms with Crippen molar-refractivity contribution < 1.29 is 27.6 Å². The number of halogens is 2. The summed E-state index contributed by atoms with van der Waals surface area (Å²) in [6, 6.07) is 16.0. The van der Waals surface area contributed by atoms with Crippen LogP contribution in [-0.4, -0.2) is 31.1 Å². The van der Waals surface area contributed by atoms with Gasteiger partial charge in [-0.2, -0.15) is 8.42 Å². The third-order valence-electron chi connectivity index (χ3n) is 5.68. The van der Waals surface area contributed by atoms with E-state index >= 15 is 0 Å². The molecule has 0 unspecified atom stereocenters. The molecule has 0 atom stereocenters. The molecule has 0 radical (unpaired) electrons. The van der Waals surface area contributed by atoms with Gasteiger partial charge in [0.15, 0.2) is 5.75 Å². The van der Waals surface area contributed by atoms with Crippen LogP contribution in [0.25, 0.3) is 10.8 Å². The van der Waals surface area contributed by atoms with Gasteiger partial charge < -0.3 is 15.2 Å². The fraction of sp³-hybridized carbons (Fsp3) is 0.115. The van der Waals surface area contributed by atoms with E-state index in [1.807, 2.05) is 6.92 Å². The number of hydrogen-bond donors (Lipinski definition) is 3. The monoisotopic (exact) mass is 573 g/mol. The average molecular weight is 574 g/mol. The first kappa shape index (κ1) is 27.3. The number of rotatable bonds is 7. The molecule has 0 saturated heterocycles. The molecule has 0 aromatic heterocycles. The Morgan fingerprint density at radius 3 is 2.47 bits per heavy atom. The molecular weight excluding hydrogens is 553 g/mol. The summed E-state index contributed by atoms with van der Waals surface area (Å²) < 4.78 is 38.9. The van der Waals surface area contributed by atoms with Crippen molar-refractivity contribution in [3.8, 4) is 11.5 Å². The van der Waals surface area contributed by atoms with Crippen molar-refractivity contribution in [2.45, 2.75) is 18.2 Å². The number of fused-ring (bicyclic) bond motifs is 1. The molecule has 0 heterocycles. The summed E-state index contributed by atoms with van der Waals surface area (Å²) in [5.74, 6) is -0.839. The molecular formula is C26H21Cl2N3O6S. The van der Waals surface area contributed by atoms with Crippen LogP contribution < -0.4 is 10.1 Å². The van der Waals surface area contributed by atoms with E-state index in [4.69, 9.17) is 27.9 Å². The van der Waals surface area contributed by atoms with Gasteiger partial charge in [0.25, 0.3) is 16.0 Å². The Bertz CT molecular complexity index is 1710. The van der Waals surface area contributed by atoms with E-state index in [-0.39, 0.29) is 32.7 Å². The number of methoxy groups -OCH3 is 1. The number of carbonyl (C=O) groups excluding carboxylic acids is 1. The number of aryl methyl sites for hydroxylation is 1. The van der Waals surface area contributed by atoms with Crippen molar-refractivity contribution in [3.63, 3.8) is 0 Å². The number of azo groups is 1. The highest BCUT2D eigenvalue weighted by Crippen LogP contribution is 2.41.